The quantitative estimate of drug-likeness (QED) is 0.673. The molecule has 178 valence electrons. The van der Waals surface area contributed by atoms with E-state index in [0.29, 0.717) is 24.9 Å². The van der Waals surface area contributed by atoms with E-state index in [0.717, 1.165) is 25.7 Å². The molecular formula is C22H27F3N6O2. The van der Waals surface area contributed by atoms with E-state index in [1.807, 2.05) is 4.90 Å². The number of nitrogens with one attached hydrogen (secondary N) is 1. The minimum atomic E-state index is -4.13. The van der Waals surface area contributed by atoms with Crippen LogP contribution in [0.1, 0.15) is 48.9 Å². The van der Waals surface area contributed by atoms with Crippen molar-refractivity contribution in [3.63, 3.8) is 0 Å². The van der Waals surface area contributed by atoms with Crippen molar-refractivity contribution in [2.75, 3.05) is 23.3 Å². The highest BCUT2D eigenvalue weighted by atomic mass is 19.4. The molecule has 0 radical (unpaired) electrons. The van der Waals surface area contributed by atoms with Crippen molar-refractivity contribution in [3.8, 4) is 5.88 Å². The number of hydrogen-bond acceptors (Lipinski definition) is 7. The monoisotopic (exact) mass is 464 g/mol. The fraction of sp³-hybridized carbons (Fsp3) is 0.545. The van der Waals surface area contributed by atoms with Crippen molar-refractivity contribution in [3.05, 3.63) is 36.2 Å². The molecule has 1 aliphatic carbocycles. The number of piperidine rings is 1. The second kappa shape index (κ2) is 9.80. The van der Waals surface area contributed by atoms with Gasteiger partial charge in [0, 0.05) is 31.5 Å². The summed E-state index contributed by atoms with van der Waals surface area (Å²) in [7, 11) is 0. The van der Waals surface area contributed by atoms with Crippen molar-refractivity contribution in [1.29, 1.82) is 0 Å². The fourth-order valence-corrected chi connectivity index (χ4v) is 4.37. The summed E-state index contributed by atoms with van der Waals surface area (Å²) in [4.78, 5) is 26.4. The summed E-state index contributed by atoms with van der Waals surface area (Å²) in [6.45, 7) is 0.647. The zero-order valence-electron chi connectivity index (χ0n) is 18.1. The molecule has 1 amide bonds. The third-order valence-corrected chi connectivity index (χ3v) is 6.25. The molecule has 2 aromatic heterocycles. The molecule has 2 aromatic rings. The van der Waals surface area contributed by atoms with E-state index in [9.17, 15) is 18.0 Å². The van der Waals surface area contributed by atoms with E-state index >= 15 is 0 Å². The first kappa shape index (κ1) is 23.1. The molecule has 0 atom stereocenters. The second-order valence-corrected chi connectivity index (χ2v) is 8.50. The maximum Gasteiger partial charge on any atom is 0.391 e. The van der Waals surface area contributed by atoms with E-state index in [1.165, 1.54) is 0 Å². The Morgan fingerprint density at radius 2 is 1.79 bits per heavy atom. The predicted octanol–water partition coefficient (Wildman–Crippen LogP) is 3.55. The number of ether oxygens (including phenoxy) is 1. The number of alkyl halides is 3. The largest absolute Gasteiger partial charge is 0.474 e. The van der Waals surface area contributed by atoms with Crippen molar-refractivity contribution >= 4 is 17.7 Å². The Kier molecular flexibility index (Phi) is 6.85. The summed E-state index contributed by atoms with van der Waals surface area (Å²) in [5.41, 5.74) is 5.65. The molecule has 1 aliphatic heterocycles. The Labute approximate surface area is 189 Å². The number of primary amides is 1. The lowest BCUT2D eigenvalue weighted by molar-refractivity contribution is -0.179. The van der Waals surface area contributed by atoms with Crippen LogP contribution in [0.5, 0.6) is 5.88 Å². The molecule has 4 rings (SSSR count). The molecule has 1 saturated heterocycles. The molecule has 0 bridgehead atoms. The SMILES string of the molecule is NC(=O)c1cccnc1O[C@H]1CC[C@H](Nc2nccc(N3CCC(C(F)(F)F)CC3)n2)CC1. The molecule has 1 saturated carbocycles. The van der Waals surface area contributed by atoms with E-state index in [1.54, 1.807) is 30.6 Å². The third-order valence-electron chi connectivity index (χ3n) is 6.25. The summed E-state index contributed by atoms with van der Waals surface area (Å²) >= 11 is 0. The van der Waals surface area contributed by atoms with Crippen LogP contribution in [0.15, 0.2) is 30.6 Å². The first-order valence-corrected chi connectivity index (χ1v) is 11.1. The molecule has 8 nitrogen and oxygen atoms in total. The first-order chi connectivity index (χ1) is 15.8. The number of nitrogens with two attached hydrogens (primary N) is 1. The summed E-state index contributed by atoms with van der Waals surface area (Å²) in [5.74, 6) is -0.453. The summed E-state index contributed by atoms with van der Waals surface area (Å²) in [6, 6.07) is 5.11. The number of pyridine rings is 1. The van der Waals surface area contributed by atoms with Crippen LogP contribution < -0.4 is 20.7 Å². The molecule has 0 unspecified atom stereocenters. The number of halogens is 3. The van der Waals surface area contributed by atoms with Crippen LogP contribution in [-0.2, 0) is 0 Å². The van der Waals surface area contributed by atoms with Gasteiger partial charge >= 0.3 is 6.18 Å². The number of carbonyl (C=O) groups excluding carboxylic acids is 1. The van der Waals surface area contributed by atoms with Gasteiger partial charge in [0.15, 0.2) is 0 Å². The number of aromatic nitrogens is 3. The van der Waals surface area contributed by atoms with Crippen LogP contribution in [0.4, 0.5) is 24.9 Å². The van der Waals surface area contributed by atoms with Gasteiger partial charge in [-0.1, -0.05) is 0 Å². The predicted molar refractivity (Wildman–Crippen MR) is 116 cm³/mol. The molecule has 2 aliphatic rings. The normalized spacial score (nSPS) is 22.1. The molecule has 3 N–H and O–H groups in total. The standard InChI is InChI=1S/C22H27F3N6O2/c23-22(24,25)14-8-12-31(13-9-14)18-7-11-28-21(30-18)29-15-3-5-16(6-4-15)33-20-17(19(26)32)2-1-10-27-20/h1-2,7,10-11,14-16H,3-6,8-9,12-13H2,(H2,26,32)(H,28,29,30)/t15-,16-. The van der Waals surface area contributed by atoms with E-state index in [4.69, 9.17) is 10.5 Å². The molecule has 2 fully saturated rings. The van der Waals surface area contributed by atoms with Crippen molar-refractivity contribution in [2.45, 2.75) is 56.8 Å². The molecular weight excluding hydrogens is 437 g/mol. The number of anilines is 2. The van der Waals surface area contributed by atoms with Gasteiger partial charge in [-0.15, -0.1) is 0 Å². The van der Waals surface area contributed by atoms with E-state index in [-0.39, 0.29) is 36.4 Å². The highest BCUT2D eigenvalue weighted by Gasteiger charge is 2.41. The van der Waals surface area contributed by atoms with Gasteiger partial charge in [-0.05, 0) is 56.7 Å². The van der Waals surface area contributed by atoms with E-state index < -0.39 is 18.0 Å². The van der Waals surface area contributed by atoms with Gasteiger partial charge < -0.3 is 20.7 Å². The molecule has 11 heteroatoms. The Morgan fingerprint density at radius 1 is 1.06 bits per heavy atom. The van der Waals surface area contributed by atoms with Crippen LogP contribution in [0.3, 0.4) is 0 Å². The zero-order valence-corrected chi connectivity index (χ0v) is 18.1. The Morgan fingerprint density at radius 3 is 2.45 bits per heavy atom. The summed E-state index contributed by atoms with van der Waals surface area (Å²) in [5, 5.41) is 3.33. The minimum absolute atomic E-state index is 0.0711. The lowest BCUT2D eigenvalue weighted by Gasteiger charge is -2.34. The van der Waals surface area contributed by atoms with Crippen LogP contribution in [-0.4, -0.2) is 52.3 Å². The zero-order chi connectivity index (χ0) is 23.4. The Hall–Kier alpha value is -3.11. The average Bonchev–Trinajstić information content (AvgIpc) is 2.80. The molecule has 33 heavy (non-hydrogen) atoms. The highest BCUT2D eigenvalue weighted by Crippen LogP contribution is 2.35. The maximum absolute atomic E-state index is 12.9. The van der Waals surface area contributed by atoms with Gasteiger partial charge in [0.1, 0.15) is 17.5 Å². The smallest absolute Gasteiger partial charge is 0.391 e. The first-order valence-electron chi connectivity index (χ1n) is 11.1. The van der Waals surface area contributed by atoms with Gasteiger partial charge in [0.25, 0.3) is 5.91 Å². The van der Waals surface area contributed by atoms with Crippen LogP contribution >= 0.6 is 0 Å². The highest BCUT2D eigenvalue weighted by molar-refractivity contribution is 5.94. The maximum atomic E-state index is 12.9. The second-order valence-electron chi connectivity index (χ2n) is 8.50. The van der Waals surface area contributed by atoms with Gasteiger partial charge in [-0.2, -0.15) is 18.2 Å². The van der Waals surface area contributed by atoms with Gasteiger partial charge in [0.2, 0.25) is 11.8 Å². The van der Waals surface area contributed by atoms with Crippen molar-refractivity contribution < 1.29 is 22.7 Å². The molecule has 0 spiro atoms. The number of rotatable bonds is 6. The lowest BCUT2D eigenvalue weighted by atomic mass is 9.93. The molecule has 0 aromatic carbocycles. The van der Waals surface area contributed by atoms with Gasteiger partial charge in [-0.25, -0.2) is 9.97 Å². The topological polar surface area (TPSA) is 106 Å². The Balaban J connectivity index is 1.29. The minimum Gasteiger partial charge on any atom is -0.474 e. The van der Waals surface area contributed by atoms with Gasteiger partial charge in [-0.3, -0.25) is 4.79 Å². The number of carbonyl (C=O) groups is 1. The van der Waals surface area contributed by atoms with Crippen molar-refractivity contribution in [1.82, 2.24) is 15.0 Å². The van der Waals surface area contributed by atoms with Gasteiger partial charge in [0.05, 0.1) is 5.92 Å². The number of amides is 1. The summed E-state index contributed by atoms with van der Waals surface area (Å²) < 4.78 is 44.7. The third kappa shape index (κ3) is 5.82. The van der Waals surface area contributed by atoms with E-state index in [2.05, 4.69) is 20.3 Å². The van der Waals surface area contributed by atoms with Crippen molar-refractivity contribution in [2.24, 2.45) is 11.7 Å². The Bertz CT molecular complexity index is 957. The summed E-state index contributed by atoms with van der Waals surface area (Å²) in [6.07, 6.45) is 2.29. The number of nitrogens with zero attached hydrogens (tertiary/aromatic N) is 4. The van der Waals surface area contributed by atoms with Crippen LogP contribution in [0, 0.1) is 5.92 Å². The number of hydrogen-bond donors (Lipinski definition) is 2. The van der Waals surface area contributed by atoms with Crippen LogP contribution in [0.25, 0.3) is 0 Å². The van der Waals surface area contributed by atoms with Crippen LogP contribution in [0.2, 0.25) is 0 Å². The molecule has 3 heterocycles. The lowest BCUT2D eigenvalue weighted by Crippen LogP contribution is -2.39. The average molecular weight is 464 g/mol. The fourth-order valence-electron chi connectivity index (χ4n) is 4.37.